The summed E-state index contributed by atoms with van der Waals surface area (Å²) in [4.78, 5) is 44.5. The minimum absolute atomic E-state index is 0.0270. The van der Waals surface area contributed by atoms with Crippen molar-refractivity contribution in [2.45, 2.75) is 59.0 Å². The van der Waals surface area contributed by atoms with E-state index in [-0.39, 0.29) is 24.0 Å². The van der Waals surface area contributed by atoms with E-state index in [4.69, 9.17) is 25.8 Å². The van der Waals surface area contributed by atoms with Crippen LogP contribution < -0.4 is 0 Å². The van der Waals surface area contributed by atoms with Crippen LogP contribution in [0.2, 0.25) is 5.15 Å². The molecule has 45 heavy (non-hydrogen) atoms. The maximum absolute atomic E-state index is 13.3. The first-order valence-electron chi connectivity index (χ1n) is 14.1. The third kappa shape index (κ3) is 9.06. The molecule has 0 radical (unpaired) electrons. The van der Waals surface area contributed by atoms with E-state index in [1.807, 2.05) is 55.5 Å². The number of ether oxygens (including phenoxy) is 3. The van der Waals surface area contributed by atoms with Crippen molar-refractivity contribution in [2.75, 3.05) is 13.2 Å². The van der Waals surface area contributed by atoms with E-state index in [2.05, 4.69) is 30.4 Å². The van der Waals surface area contributed by atoms with Crippen LogP contribution in [0.3, 0.4) is 0 Å². The van der Waals surface area contributed by atoms with Gasteiger partial charge in [0.15, 0.2) is 10.8 Å². The molecule has 2 aromatic carbocycles. The lowest BCUT2D eigenvalue weighted by Crippen LogP contribution is -2.27. The van der Waals surface area contributed by atoms with Gasteiger partial charge in [-0.15, -0.1) is 20.3 Å². The highest BCUT2D eigenvalue weighted by molar-refractivity contribution is 6.32. The molecule has 0 aliphatic heterocycles. The van der Waals surface area contributed by atoms with Crippen LogP contribution >= 0.6 is 11.6 Å². The number of hydrogen-bond acceptors (Lipinski definition) is 12. The third-order valence-electron chi connectivity index (χ3n) is 6.48. The maximum atomic E-state index is 13.3. The molecule has 4 aromatic rings. The molecule has 4 rings (SSSR count). The van der Waals surface area contributed by atoms with Crippen LogP contribution in [0.1, 0.15) is 55.5 Å². The summed E-state index contributed by atoms with van der Waals surface area (Å²) >= 11 is 6.45. The average Bonchev–Trinajstić information content (AvgIpc) is 3.64. The first-order chi connectivity index (χ1) is 21.7. The lowest BCUT2D eigenvalue weighted by atomic mass is 9.98. The Bertz CT molecular complexity index is 1590. The van der Waals surface area contributed by atoms with E-state index in [1.54, 1.807) is 4.57 Å². The zero-order chi connectivity index (χ0) is 32.3. The normalized spacial score (nSPS) is 12.4. The van der Waals surface area contributed by atoms with E-state index in [0.29, 0.717) is 18.1 Å². The number of hydrogen-bond donors (Lipinski definition) is 1. The Balaban J connectivity index is 1.46. The van der Waals surface area contributed by atoms with Crippen LogP contribution in [0.15, 0.2) is 48.5 Å². The van der Waals surface area contributed by atoms with E-state index in [9.17, 15) is 19.7 Å². The van der Waals surface area contributed by atoms with Gasteiger partial charge in [-0.3, -0.25) is 0 Å². The highest BCUT2D eigenvalue weighted by Crippen LogP contribution is 2.30. The first-order valence-corrected chi connectivity index (χ1v) is 14.5. The lowest BCUT2D eigenvalue weighted by Gasteiger charge is -2.16. The first kappa shape index (κ1) is 33.0. The molecule has 0 aliphatic rings. The van der Waals surface area contributed by atoms with Gasteiger partial charge in [0, 0.05) is 25.5 Å². The molecule has 15 nitrogen and oxygen atoms in total. The van der Waals surface area contributed by atoms with E-state index in [1.165, 1.54) is 13.8 Å². The van der Waals surface area contributed by atoms with Crippen LogP contribution in [-0.2, 0) is 36.8 Å². The Morgan fingerprint density at radius 2 is 1.82 bits per heavy atom. The second kappa shape index (κ2) is 15.7. The number of esters is 2. The van der Waals surface area contributed by atoms with Crippen molar-refractivity contribution >= 4 is 23.5 Å². The largest absolute Gasteiger partial charge is 0.424 e. The van der Waals surface area contributed by atoms with Crippen molar-refractivity contribution < 1.29 is 33.7 Å². The Hall–Kier alpha value is -4.89. The van der Waals surface area contributed by atoms with Gasteiger partial charge in [0.25, 0.3) is 5.09 Å². The summed E-state index contributed by atoms with van der Waals surface area (Å²) in [5.74, 6) is -0.566. The predicted octanol–water partition coefficient (Wildman–Crippen LogP) is 4.43. The monoisotopic (exact) mass is 641 g/mol. The summed E-state index contributed by atoms with van der Waals surface area (Å²) in [6, 6.07) is 15.5. The van der Waals surface area contributed by atoms with Crippen LogP contribution in [0, 0.1) is 10.1 Å². The lowest BCUT2D eigenvalue weighted by molar-refractivity contribution is -0.768. The molecule has 1 unspecified atom stereocenters. The molecule has 0 spiro atoms. The molecule has 0 bridgehead atoms. The Morgan fingerprint density at radius 3 is 2.49 bits per heavy atom. The second-order valence-corrected chi connectivity index (χ2v) is 10.3. The van der Waals surface area contributed by atoms with Crippen molar-refractivity contribution in [3.63, 3.8) is 0 Å². The number of halogens is 1. The maximum Gasteiger partial charge on any atom is 0.361 e. The van der Waals surface area contributed by atoms with Gasteiger partial charge in [-0.1, -0.05) is 73.5 Å². The zero-order valence-corrected chi connectivity index (χ0v) is 25.6. The molecular weight excluding hydrogens is 610 g/mol. The number of nitrogens with zero attached hydrogens (tertiary/aromatic N) is 6. The molecular formula is C29H32ClN7O8. The fraction of sp³-hybridized carbons (Fsp3) is 0.379. The Labute approximate surface area is 262 Å². The van der Waals surface area contributed by atoms with Gasteiger partial charge in [0.05, 0.1) is 6.61 Å². The number of aromatic amines is 1. The van der Waals surface area contributed by atoms with E-state index >= 15 is 0 Å². The summed E-state index contributed by atoms with van der Waals surface area (Å²) in [5.41, 5.74) is 3.60. The number of aryl methyl sites for hydroxylation is 1. The number of unbranched alkanes of at least 4 members (excludes halogenated alkanes) is 1. The average molecular weight is 642 g/mol. The molecule has 0 saturated heterocycles. The van der Waals surface area contributed by atoms with Crippen molar-refractivity contribution in [1.29, 1.82) is 0 Å². The molecule has 0 saturated carbocycles. The summed E-state index contributed by atoms with van der Waals surface area (Å²) in [6.45, 7) is 4.36. The fourth-order valence-corrected chi connectivity index (χ4v) is 4.75. The molecule has 0 aliphatic carbocycles. The molecule has 2 aromatic heterocycles. The van der Waals surface area contributed by atoms with Crippen LogP contribution in [0.4, 0.5) is 0 Å². The number of imidazole rings is 1. The number of carbonyl (C=O) groups excluding carboxylic acids is 2. The van der Waals surface area contributed by atoms with E-state index < -0.39 is 36.0 Å². The minimum Gasteiger partial charge on any atom is -0.424 e. The van der Waals surface area contributed by atoms with Crippen molar-refractivity contribution in [3.8, 4) is 22.5 Å². The van der Waals surface area contributed by atoms with Gasteiger partial charge in [-0.25, -0.2) is 14.6 Å². The van der Waals surface area contributed by atoms with Crippen LogP contribution in [0.25, 0.3) is 22.5 Å². The Kier molecular flexibility index (Phi) is 11.5. The number of carbonyl (C=O) groups is 2. The second-order valence-electron chi connectivity index (χ2n) is 9.95. The number of H-pyrrole nitrogens is 1. The zero-order valence-electron chi connectivity index (χ0n) is 24.8. The van der Waals surface area contributed by atoms with Gasteiger partial charge < -0.3 is 23.6 Å². The molecule has 2 heterocycles. The van der Waals surface area contributed by atoms with Gasteiger partial charge >= 0.3 is 11.9 Å². The Morgan fingerprint density at radius 1 is 1.09 bits per heavy atom. The van der Waals surface area contributed by atoms with Gasteiger partial charge in [-0.2, -0.15) is 5.21 Å². The van der Waals surface area contributed by atoms with Crippen LogP contribution in [-0.4, -0.2) is 72.8 Å². The van der Waals surface area contributed by atoms with Gasteiger partial charge in [0.1, 0.15) is 18.5 Å². The predicted molar refractivity (Wildman–Crippen MR) is 159 cm³/mol. The number of rotatable bonds is 16. The molecule has 16 heteroatoms. The smallest absolute Gasteiger partial charge is 0.361 e. The van der Waals surface area contributed by atoms with Crippen molar-refractivity contribution in [3.05, 3.63) is 80.9 Å². The summed E-state index contributed by atoms with van der Waals surface area (Å²) in [5, 5.41) is 23.7. The minimum atomic E-state index is -1.28. The standard InChI is InChI=1S/C29H32ClN7O8/c1-4-5-10-24-31-27(30)26(29(39)44-19(3)43-25(38)17-42-16-18(2)45-37(40)41)36(24)15-20-11-13-21(14-12-20)22-8-6-7-9-23(22)28-32-34-35-33-28/h6-9,11-14,18-19H,4-5,10,15-17H2,1-3H3,(H,32,33,34,35)/t18-,19?/m0/s1. The highest BCUT2D eigenvalue weighted by atomic mass is 35.5. The molecule has 0 amide bonds. The molecule has 1 N–H and O–H groups in total. The summed E-state index contributed by atoms with van der Waals surface area (Å²) in [7, 11) is 0. The number of tetrazole rings is 1. The quantitative estimate of drug-likeness (QED) is 0.0786. The SMILES string of the molecule is CCCCc1nc(Cl)c(C(=O)OC(C)OC(=O)COC[C@H](C)O[N+](=O)[O-])n1Cc1ccc(-c2ccccc2-c2nn[nH]n2)cc1. The third-order valence-corrected chi connectivity index (χ3v) is 6.74. The molecule has 0 fully saturated rings. The molecule has 238 valence electrons. The molecule has 2 atom stereocenters. The fourth-order valence-electron chi connectivity index (χ4n) is 4.47. The summed E-state index contributed by atoms with van der Waals surface area (Å²) in [6.07, 6.45) is 0.159. The highest BCUT2D eigenvalue weighted by Gasteiger charge is 2.26. The van der Waals surface area contributed by atoms with Gasteiger partial charge in [0.2, 0.25) is 12.1 Å². The van der Waals surface area contributed by atoms with Gasteiger partial charge in [-0.05, 0) is 35.2 Å². The number of nitrogens with one attached hydrogen (secondary N) is 1. The van der Waals surface area contributed by atoms with Crippen molar-refractivity contribution in [1.82, 2.24) is 30.2 Å². The number of aromatic nitrogens is 6. The van der Waals surface area contributed by atoms with E-state index in [0.717, 1.165) is 35.1 Å². The summed E-state index contributed by atoms with van der Waals surface area (Å²) < 4.78 is 17.2. The topological polar surface area (TPSA) is 186 Å². The van der Waals surface area contributed by atoms with Crippen LogP contribution in [0.5, 0.6) is 0 Å². The number of benzene rings is 2. The van der Waals surface area contributed by atoms with Crippen molar-refractivity contribution in [2.24, 2.45) is 0 Å².